The molecule has 2 aromatic carbocycles. The summed E-state index contributed by atoms with van der Waals surface area (Å²) in [6.07, 6.45) is -1.42. The van der Waals surface area contributed by atoms with E-state index in [9.17, 15) is 0 Å². The third-order valence-corrected chi connectivity index (χ3v) is 6.10. The van der Waals surface area contributed by atoms with E-state index in [1.54, 1.807) is 7.11 Å². The zero-order chi connectivity index (χ0) is 25.4. The molecule has 8 heteroatoms. The Kier molecular flexibility index (Phi) is 14.0. The van der Waals surface area contributed by atoms with Crippen molar-refractivity contribution in [2.24, 2.45) is 0 Å². The maximum atomic E-state index is 6.35. The number of benzene rings is 2. The van der Waals surface area contributed by atoms with Gasteiger partial charge in [0.15, 0.2) is 6.29 Å². The zero-order valence-corrected chi connectivity index (χ0v) is 22.8. The first-order valence-corrected chi connectivity index (χ1v) is 13.7. The van der Waals surface area contributed by atoms with Crippen LogP contribution in [0.25, 0.3) is 0 Å². The molecular weight excluding hydrogens is 528 g/mol. The van der Waals surface area contributed by atoms with E-state index >= 15 is 0 Å². The fourth-order valence-corrected chi connectivity index (χ4v) is 4.29. The average molecular weight is 568 g/mol. The summed E-state index contributed by atoms with van der Waals surface area (Å²) in [4.78, 5) is 0. The van der Waals surface area contributed by atoms with E-state index in [0.29, 0.717) is 46.2 Å². The van der Waals surface area contributed by atoms with Crippen LogP contribution in [0.2, 0.25) is 0 Å². The van der Waals surface area contributed by atoms with Gasteiger partial charge in [-0.3, -0.25) is 0 Å². The van der Waals surface area contributed by atoms with Crippen molar-refractivity contribution >= 4 is 15.9 Å². The Morgan fingerprint density at radius 1 is 0.722 bits per heavy atom. The largest absolute Gasteiger partial charge is 0.378 e. The summed E-state index contributed by atoms with van der Waals surface area (Å²) < 4.78 is 42.7. The molecule has 2 aromatic rings. The van der Waals surface area contributed by atoms with Gasteiger partial charge in [0.2, 0.25) is 0 Å². The van der Waals surface area contributed by atoms with Crippen LogP contribution in [0, 0.1) is 0 Å². The van der Waals surface area contributed by atoms with Gasteiger partial charge in [0.1, 0.15) is 24.4 Å². The van der Waals surface area contributed by atoms with Crippen LogP contribution in [0.5, 0.6) is 0 Å². The lowest BCUT2D eigenvalue weighted by molar-refractivity contribution is -0.321. The van der Waals surface area contributed by atoms with Gasteiger partial charge in [0, 0.05) is 19.0 Å². The minimum atomic E-state index is -0.620. The predicted molar refractivity (Wildman–Crippen MR) is 141 cm³/mol. The summed E-state index contributed by atoms with van der Waals surface area (Å²) in [6.45, 7) is 5.39. The maximum Gasteiger partial charge on any atom is 0.186 e. The molecule has 0 bridgehead atoms. The smallest absolute Gasteiger partial charge is 0.186 e. The van der Waals surface area contributed by atoms with E-state index in [1.165, 1.54) is 0 Å². The molecule has 3 rings (SSSR count). The van der Waals surface area contributed by atoms with E-state index < -0.39 is 30.7 Å². The van der Waals surface area contributed by atoms with Crippen molar-refractivity contribution in [1.29, 1.82) is 0 Å². The molecule has 7 nitrogen and oxygen atoms in total. The number of methoxy groups -OCH3 is 1. The van der Waals surface area contributed by atoms with Gasteiger partial charge in [-0.2, -0.15) is 0 Å². The fourth-order valence-electron chi connectivity index (χ4n) is 4.06. The maximum absolute atomic E-state index is 6.35. The second-order valence-electron chi connectivity index (χ2n) is 8.51. The normalized spacial score (nSPS) is 24.1. The molecular formula is C28H39BrO7. The monoisotopic (exact) mass is 566 g/mol. The van der Waals surface area contributed by atoms with Crippen LogP contribution in [0.1, 0.15) is 24.5 Å². The Morgan fingerprint density at radius 2 is 1.39 bits per heavy atom. The van der Waals surface area contributed by atoms with Crippen LogP contribution in [0.15, 0.2) is 60.7 Å². The number of hydrogen-bond donors (Lipinski definition) is 0. The van der Waals surface area contributed by atoms with Crippen LogP contribution < -0.4 is 0 Å². The Hall–Kier alpha value is -1.36. The standard InChI is InChI=1S/C28H39BrO7/c1-3-15-33-26-25(34-18-17-31-16-14-29)24(21-32-19-22-10-6-4-7-11-22)36-28(30-2)27(26)35-20-23-12-8-5-9-13-23/h4-13,24-28H,3,14-21H2,1-2H3/t24-,25-,26+,27-,28?/m1/s1. The van der Waals surface area contributed by atoms with Crippen molar-refractivity contribution in [1.82, 2.24) is 0 Å². The number of ether oxygens (including phenoxy) is 7. The Balaban J connectivity index is 1.72. The molecule has 0 spiro atoms. The fraction of sp³-hybridized carbons (Fsp3) is 0.571. The van der Waals surface area contributed by atoms with E-state index in [2.05, 4.69) is 22.9 Å². The quantitative estimate of drug-likeness (QED) is 0.202. The highest BCUT2D eigenvalue weighted by Crippen LogP contribution is 2.30. The second kappa shape index (κ2) is 17.2. The van der Waals surface area contributed by atoms with Crippen LogP contribution >= 0.6 is 15.9 Å². The van der Waals surface area contributed by atoms with Crippen molar-refractivity contribution in [2.45, 2.75) is 57.3 Å². The molecule has 1 aliphatic heterocycles. The molecule has 0 radical (unpaired) electrons. The Labute approximate surface area is 223 Å². The van der Waals surface area contributed by atoms with Gasteiger partial charge < -0.3 is 33.2 Å². The molecule has 1 saturated heterocycles. The van der Waals surface area contributed by atoms with Crippen LogP contribution in [0.4, 0.5) is 0 Å². The topological polar surface area (TPSA) is 64.6 Å². The number of rotatable bonds is 17. The molecule has 200 valence electrons. The molecule has 0 saturated carbocycles. The van der Waals surface area contributed by atoms with Gasteiger partial charge in [0.25, 0.3) is 0 Å². The number of alkyl halides is 1. The first kappa shape index (κ1) is 29.2. The highest BCUT2D eigenvalue weighted by molar-refractivity contribution is 9.09. The molecule has 0 aromatic heterocycles. The van der Waals surface area contributed by atoms with Gasteiger partial charge in [-0.15, -0.1) is 0 Å². The van der Waals surface area contributed by atoms with Crippen molar-refractivity contribution < 1.29 is 33.2 Å². The van der Waals surface area contributed by atoms with Gasteiger partial charge in [-0.25, -0.2) is 0 Å². The van der Waals surface area contributed by atoms with E-state index in [4.69, 9.17) is 33.2 Å². The minimum Gasteiger partial charge on any atom is -0.378 e. The van der Waals surface area contributed by atoms with Crippen LogP contribution in [-0.2, 0) is 46.4 Å². The Morgan fingerprint density at radius 3 is 2.03 bits per heavy atom. The highest BCUT2D eigenvalue weighted by atomic mass is 79.9. The summed E-state index contributed by atoms with van der Waals surface area (Å²) in [7, 11) is 1.62. The molecule has 0 aliphatic carbocycles. The lowest BCUT2D eigenvalue weighted by atomic mass is 9.98. The molecule has 1 fully saturated rings. The van der Waals surface area contributed by atoms with Crippen molar-refractivity contribution in [3.8, 4) is 0 Å². The minimum absolute atomic E-state index is 0.332. The zero-order valence-electron chi connectivity index (χ0n) is 21.3. The van der Waals surface area contributed by atoms with Crippen molar-refractivity contribution in [3.05, 3.63) is 71.8 Å². The van der Waals surface area contributed by atoms with Crippen LogP contribution in [-0.4, -0.2) is 76.2 Å². The molecule has 1 unspecified atom stereocenters. The molecule has 36 heavy (non-hydrogen) atoms. The SMILES string of the molecule is CCCO[C@H]1[C@H](OCCOCCBr)[C@@H](COCc2ccccc2)OC(OC)[C@@H]1OCc1ccccc1. The summed E-state index contributed by atoms with van der Waals surface area (Å²) in [5.41, 5.74) is 2.16. The first-order valence-electron chi connectivity index (χ1n) is 12.6. The lowest BCUT2D eigenvalue weighted by Gasteiger charge is -2.45. The summed E-state index contributed by atoms with van der Waals surface area (Å²) >= 11 is 3.38. The molecule has 1 aliphatic rings. The van der Waals surface area contributed by atoms with E-state index in [0.717, 1.165) is 22.9 Å². The number of halogens is 1. The highest BCUT2D eigenvalue weighted by Gasteiger charge is 2.48. The molecule has 5 atom stereocenters. The number of hydrogen-bond acceptors (Lipinski definition) is 7. The predicted octanol–water partition coefficient (Wildman–Crippen LogP) is 4.75. The lowest BCUT2D eigenvalue weighted by Crippen LogP contribution is -2.62. The van der Waals surface area contributed by atoms with E-state index in [-0.39, 0.29) is 0 Å². The molecule has 0 amide bonds. The van der Waals surface area contributed by atoms with E-state index in [1.807, 2.05) is 60.7 Å². The van der Waals surface area contributed by atoms with Gasteiger partial charge in [-0.05, 0) is 17.5 Å². The van der Waals surface area contributed by atoms with Crippen LogP contribution in [0.3, 0.4) is 0 Å². The molecule has 0 N–H and O–H groups in total. The van der Waals surface area contributed by atoms with Gasteiger partial charge >= 0.3 is 0 Å². The van der Waals surface area contributed by atoms with Gasteiger partial charge in [-0.1, -0.05) is 83.5 Å². The van der Waals surface area contributed by atoms with Crippen molar-refractivity contribution in [2.75, 3.05) is 45.5 Å². The van der Waals surface area contributed by atoms with Crippen molar-refractivity contribution in [3.63, 3.8) is 0 Å². The first-order chi connectivity index (χ1) is 17.8. The Bertz CT molecular complexity index is 810. The average Bonchev–Trinajstić information content (AvgIpc) is 2.92. The molecule has 1 heterocycles. The third-order valence-electron chi connectivity index (χ3n) is 5.78. The van der Waals surface area contributed by atoms with Gasteiger partial charge in [0.05, 0.1) is 39.6 Å². The third kappa shape index (κ3) is 9.50. The second-order valence-corrected chi connectivity index (χ2v) is 9.31. The summed E-state index contributed by atoms with van der Waals surface area (Å²) in [5.74, 6) is 0. The summed E-state index contributed by atoms with van der Waals surface area (Å²) in [6, 6.07) is 20.1. The summed E-state index contributed by atoms with van der Waals surface area (Å²) in [5, 5.41) is 0.780.